The SMILES string of the molecule is CCCCOc1ccc(-c2nnc(CNC(C)C)s2)cc1. The van der Waals surface area contributed by atoms with Crippen LogP contribution >= 0.6 is 11.3 Å². The molecule has 21 heavy (non-hydrogen) atoms. The van der Waals surface area contributed by atoms with Gasteiger partial charge in [-0.1, -0.05) is 38.5 Å². The van der Waals surface area contributed by atoms with Crippen LogP contribution in [0.3, 0.4) is 0 Å². The van der Waals surface area contributed by atoms with Crippen LogP contribution in [0.4, 0.5) is 0 Å². The second-order valence-electron chi connectivity index (χ2n) is 5.26. The van der Waals surface area contributed by atoms with E-state index in [2.05, 4.69) is 36.3 Å². The molecule has 5 heteroatoms. The predicted octanol–water partition coefficient (Wildman–Crippen LogP) is 3.88. The van der Waals surface area contributed by atoms with Crippen molar-refractivity contribution in [2.75, 3.05) is 6.61 Å². The number of nitrogens with one attached hydrogen (secondary N) is 1. The van der Waals surface area contributed by atoms with Gasteiger partial charge < -0.3 is 10.1 Å². The van der Waals surface area contributed by atoms with E-state index >= 15 is 0 Å². The molecule has 1 N–H and O–H groups in total. The zero-order valence-corrected chi connectivity index (χ0v) is 13.7. The van der Waals surface area contributed by atoms with Crippen LogP contribution in [0.15, 0.2) is 24.3 Å². The lowest BCUT2D eigenvalue weighted by molar-refractivity contribution is 0.309. The van der Waals surface area contributed by atoms with Crippen molar-refractivity contribution in [2.45, 2.75) is 46.2 Å². The molecule has 0 spiro atoms. The molecule has 0 bridgehead atoms. The lowest BCUT2D eigenvalue weighted by atomic mass is 10.2. The van der Waals surface area contributed by atoms with Gasteiger partial charge in [0.1, 0.15) is 15.8 Å². The molecule has 0 saturated carbocycles. The third kappa shape index (κ3) is 5.10. The Hall–Kier alpha value is -1.46. The summed E-state index contributed by atoms with van der Waals surface area (Å²) in [6.45, 7) is 7.96. The molecule has 4 nitrogen and oxygen atoms in total. The minimum atomic E-state index is 0.455. The van der Waals surface area contributed by atoms with E-state index in [1.165, 1.54) is 0 Å². The summed E-state index contributed by atoms with van der Waals surface area (Å²) in [6.07, 6.45) is 2.24. The van der Waals surface area contributed by atoms with E-state index in [1.54, 1.807) is 11.3 Å². The second kappa shape index (κ2) is 8.10. The largest absolute Gasteiger partial charge is 0.494 e. The maximum atomic E-state index is 5.66. The smallest absolute Gasteiger partial charge is 0.147 e. The normalized spacial score (nSPS) is 11.0. The highest BCUT2D eigenvalue weighted by Gasteiger charge is 2.07. The van der Waals surface area contributed by atoms with E-state index < -0.39 is 0 Å². The van der Waals surface area contributed by atoms with Crippen molar-refractivity contribution >= 4 is 11.3 Å². The Kier molecular flexibility index (Phi) is 6.14. The summed E-state index contributed by atoms with van der Waals surface area (Å²) in [6, 6.07) is 8.54. The summed E-state index contributed by atoms with van der Waals surface area (Å²) in [7, 11) is 0. The first-order chi connectivity index (χ1) is 10.2. The van der Waals surface area contributed by atoms with Crippen molar-refractivity contribution < 1.29 is 4.74 Å². The van der Waals surface area contributed by atoms with E-state index in [-0.39, 0.29) is 0 Å². The predicted molar refractivity (Wildman–Crippen MR) is 87.7 cm³/mol. The van der Waals surface area contributed by atoms with Gasteiger partial charge in [0, 0.05) is 18.2 Å². The van der Waals surface area contributed by atoms with Gasteiger partial charge in [-0.3, -0.25) is 0 Å². The number of aromatic nitrogens is 2. The average molecular weight is 305 g/mol. The van der Waals surface area contributed by atoms with E-state index in [0.29, 0.717) is 6.04 Å². The Morgan fingerprint density at radius 3 is 2.62 bits per heavy atom. The van der Waals surface area contributed by atoms with Crippen LogP contribution in [0.2, 0.25) is 0 Å². The molecule has 0 saturated heterocycles. The molecule has 0 aliphatic carbocycles. The van der Waals surface area contributed by atoms with E-state index in [1.807, 2.05) is 24.3 Å². The number of benzene rings is 1. The van der Waals surface area contributed by atoms with E-state index in [4.69, 9.17) is 4.74 Å². The Balaban J connectivity index is 1.95. The monoisotopic (exact) mass is 305 g/mol. The lowest BCUT2D eigenvalue weighted by Crippen LogP contribution is -2.21. The Bertz CT molecular complexity index is 537. The van der Waals surface area contributed by atoms with Crippen LogP contribution in [0.1, 0.15) is 38.6 Å². The van der Waals surface area contributed by atoms with Crippen LogP contribution < -0.4 is 10.1 Å². The summed E-state index contributed by atoms with van der Waals surface area (Å²) in [5.74, 6) is 0.915. The van der Waals surface area contributed by atoms with Crippen molar-refractivity contribution in [1.29, 1.82) is 0 Å². The van der Waals surface area contributed by atoms with Crippen molar-refractivity contribution in [2.24, 2.45) is 0 Å². The highest BCUT2D eigenvalue weighted by molar-refractivity contribution is 7.14. The summed E-state index contributed by atoms with van der Waals surface area (Å²) in [4.78, 5) is 0. The molecule has 2 aromatic rings. The maximum Gasteiger partial charge on any atom is 0.147 e. The van der Waals surface area contributed by atoms with Crippen LogP contribution in [0.5, 0.6) is 5.75 Å². The molecule has 0 radical (unpaired) electrons. The Morgan fingerprint density at radius 2 is 1.95 bits per heavy atom. The third-order valence-electron chi connectivity index (χ3n) is 3.00. The number of rotatable bonds is 8. The fourth-order valence-corrected chi connectivity index (χ4v) is 2.56. The first kappa shape index (κ1) is 15.9. The molecule has 1 heterocycles. The minimum Gasteiger partial charge on any atom is -0.494 e. The van der Waals surface area contributed by atoms with Gasteiger partial charge in [0.15, 0.2) is 0 Å². The van der Waals surface area contributed by atoms with Crippen LogP contribution in [0, 0.1) is 0 Å². The molecular formula is C16H23N3OS. The number of hydrogen-bond acceptors (Lipinski definition) is 5. The number of nitrogens with zero attached hydrogens (tertiary/aromatic N) is 2. The molecule has 0 aliphatic heterocycles. The molecular weight excluding hydrogens is 282 g/mol. The van der Waals surface area contributed by atoms with Gasteiger partial charge in [-0.05, 0) is 30.7 Å². The minimum absolute atomic E-state index is 0.455. The first-order valence-electron chi connectivity index (χ1n) is 7.48. The third-order valence-corrected chi connectivity index (χ3v) is 3.97. The molecule has 1 aromatic carbocycles. The number of hydrogen-bond donors (Lipinski definition) is 1. The van der Waals surface area contributed by atoms with Crippen LogP contribution in [-0.4, -0.2) is 22.8 Å². The standard InChI is InChI=1S/C16H23N3OS/c1-4-5-10-20-14-8-6-13(7-9-14)16-19-18-15(21-16)11-17-12(2)3/h6-9,12,17H,4-5,10-11H2,1-3H3. The summed E-state index contributed by atoms with van der Waals surface area (Å²) < 4.78 is 5.66. The molecule has 0 atom stereocenters. The summed E-state index contributed by atoms with van der Waals surface area (Å²) >= 11 is 1.63. The van der Waals surface area contributed by atoms with Gasteiger partial charge in [-0.15, -0.1) is 10.2 Å². The van der Waals surface area contributed by atoms with Gasteiger partial charge in [-0.2, -0.15) is 0 Å². The van der Waals surface area contributed by atoms with Crippen molar-refractivity contribution in [3.63, 3.8) is 0 Å². The van der Waals surface area contributed by atoms with Gasteiger partial charge in [0.2, 0.25) is 0 Å². The van der Waals surface area contributed by atoms with Gasteiger partial charge in [-0.25, -0.2) is 0 Å². The highest BCUT2D eigenvalue weighted by Crippen LogP contribution is 2.25. The van der Waals surface area contributed by atoms with Gasteiger partial charge >= 0.3 is 0 Å². The van der Waals surface area contributed by atoms with Gasteiger partial charge in [0.25, 0.3) is 0 Å². The van der Waals surface area contributed by atoms with E-state index in [0.717, 1.165) is 47.3 Å². The molecule has 0 fully saturated rings. The molecule has 114 valence electrons. The molecule has 2 rings (SSSR count). The van der Waals surface area contributed by atoms with Crippen molar-refractivity contribution in [1.82, 2.24) is 15.5 Å². The summed E-state index contributed by atoms with van der Waals surface area (Å²) in [5.41, 5.74) is 1.09. The average Bonchev–Trinajstić information content (AvgIpc) is 2.95. The highest BCUT2D eigenvalue weighted by atomic mass is 32.1. The van der Waals surface area contributed by atoms with Crippen LogP contribution in [0.25, 0.3) is 10.6 Å². The topological polar surface area (TPSA) is 47.0 Å². The maximum absolute atomic E-state index is 5.66. The number of ether oxygens (including phenoxy) is 1. The first-order valence-corrected chi connectivity index (χ1v) is 8.29. The molecule has 1 aromatic heterocycles. The molecule has 0 aliphatic rings. The van der Waals surface area contributed by atoms with Gasteiger partial charge in [0.05, 0.1) is 6.61 Å². The van der Waals surface area contributed by atoms with Crippen LogP contribution in [-0.2, 0) is 6.54 Å². The lowest BCUT2D eigenvalue weighted by Gasteiger charge is -2.05. The quantitative estimate of drug-likeness (QED) is 0.752. The fourth-order valence-electron chi connectivity index (χ4n) is 1.76. The molecule has 0 unspecified atom stereocenters. The Labute approximate surface area is 130 Å². The molecule has 0 amide bonds. The van der Waals surface area contributed by atoms with Crippen molar-refractivity contribution in [3.8, 4) is 16.3 Å². The second-order valence-corrected chi connectivity index (χ2v) is 6.33. The number of unbranched alkanes of at least 4 members (excludes halogenated alkanes) is 1. The Morgan fingerprint density at radius 1 is 1.19 bits per heavy atom. The van der Waals surface area contributed by atoms with Crippen molar-refractivity contribution in [3.05, 3.63) is 29.3 Å². The zero-order chi connectivity index (χ0) is 15.1. The zero-order valence-electron chi connectivity index (χ0n) is 12.9. The van der Waals surface area contributed by atoms with E-state index in [9.17, 15) is 0 Å². The fraction of sp³-hybridized carbons (Fsp3) is 0.500. The summed E-state index contributed by atoms with van der Waals surface area (Å²) in [5, 5.41) is 13.8.